The van der Waals surface area contributed by atoms with Crippen LogP contribution in [0.5, 0.6) is 0 Å². The number of likely N-dealkylation sites (N-methyl/N-ethyl adjacent to an activating group) is 1. The average molecular weight is 207 g/mol. The second kappa shape index (κ2) is 3.56. The number of aromatic amines is 1. The van der Waals surface area contributed by atoms with E-state index in [9.17, 15) is 0 Å². The van der Waals surface area contributed by atoms with Crippen LogP contribution < -0.4 is 5.73 Å². The van der Waals surface area contributed by atoms with Gasteiger partial charge in [0.25, 0.3) is 0 Å². The number of H-pyrrole nitrogens is 1. The summed E-state index contributed by atoms with van der Waals surface area (Å²) in [4.78, 5) is 6.40. The van der Waals surface area contributed by atoms with Crippen molar-refractivity contribution in [3.8, 4) is 0 Å². The average Bonchev–Trinajstić information content (AvgIpc) is 2.71. The molecule has 0 saturated heterocycles. The third-order valence-electron chi connectivity index (χ3n) is 2.96. The predicted molar refractivity (Wildman–Crippen MR) is 59.7 cm³/mol. The molecule has 0 aromatic carbocycles. The molecule has 82 valence electrons. The van der Waals surface area contributed by atoms with Crippen molar-refractivity contribution in [1.29, 1.82) is 0 Å². The van der Waals surface area contributed by atoms with Crippen LogP contribution in [0.4, 0.5) is 0 Å². The van der Waals surface area contributed by atoms with E-state index in [4.69, 9.17) is 5.73 Å². The monoisotopic (exact) mass is 207 g/mol. The van der Waals surface area contributed by atoms with Gasteiger partial charge in [0.15, 0.2) is 5.96 Å². The highest BCUT2D eigenvalue weighted by molar-refractivity contribution is 5.80. The topological polar surface area (TPSA) is 70.3 Å². The first-order valence-electron chi connectivity index (χ1n) is 5.23. The van der Waals surface area contributed by atoms with Crippen molar-refractivity contribution in [2.45, 2.75) is 26.8 Å². The molecule has 0 radical (unpaired) electrons. The van der Waals surface area contributed by atoms with Crippen LogP contribution in [0.15, 0.2) is 4.99 Å². The molecular formula is C10H17N5. The van der Waals surface area contributed by atoms with Crippen molar-refractivity contribution in [3.05, 3.63) is 17.0 Å². The van der Waals surface area contributed by atoms with E-state index in [0.717, 1.165) is 24.5 Å². The summed E-state index contributed by atoms with van der Waals surface area (Å²) in [6.07, 6.45) is 0. The van der Waals surface area contributed by atoms with Gasteiger partial charge in [-0.25, -0.2) is 0 Å². The highest BCUT2D eigenvalue weighted by atomic mass is 15.3. The molecule has 0 saturated carbocycles. The maximum Gasteiger partial charge on any atom is 0.191 e. The molecule has 1 atom stereocenters. The van der Waals surface area contributed by atoms with Crippen LogP contribution in [-0.2, 0) is 0 Å². The summed E-state index contributed by atoms with van der Waals surface area (Å²) in [5, 5.41) is 7.22. The van der Waals surface area contributed by atoms with Crippen LogP contribution in [0.25, 0.3) is 0 Å². The normalized spacial score (nSPS) is 20.9. The van der Waals surface area contributed by atoms with Crippen LogP contribution in [-0.4, -0.2) is 34.1 Å². The number of nitrogens with zero attached hydrogens (tertiary/aromatic N) is 3. The Bertz CT molecular complexity index is 373. The molecule has 3 N–H and O–H groups in total. The number of guanidine groups is 1. The van der Waals surface area contributed by atoms with Crippen molar-refractivity contribution < 1.29 is 0 Å². The first-order chi connectivity index (χ1) is 7.15. The van der Waals surface area contributed by atoms with Gasteiger partial charge < -0.3 is 10.6 Å². The van der Waals surface area contributed by atoms with Crippen LogP contribution >= 0.6 is 0 Å². The first kappa shape index (κ1) is 10.0. The standard InChI is InChI=1S/C10H17N5/c1-4-15-8(5-12-10(15)11)9-6(2)13-14-7(9)3/h8H,4-5H2,1-3H3,(H2,11,12)(H,13,14). The molecule has 15 heavy (non-hydrogen) atoms. The van der Waals surface area contributed by atoms with Gasteiger partial charge in [-0.15, -0.1) is 0 Å². The summed E-state index contributed by atoms with van der Waals surface area (Å²) in [7, 11) is 0. The van der Waals surface area contributed by atoms with E-state index in [1.165, 1.54) is 5.56 Å². The van der Waals surface area contributed by atoms with Gasteiger partial charge in [-0.2, -0.15) is 5.10 Å². The molecule has 1 aromatic heterocycles. The minimum atomic E-state index is 0.258. The van der Waals surface area contributed by atoms with Gasteiger partial charge in [-0.05, 0) is 20.8 Å². The Kier molecular flexibility index (Phi) is 2.38. The minimum Gasteiger partial charge on any atom is -0.370 e. The Morgan fingerprint density at radius 1 is 1.53 bits per heavy atom. The molecule has 0 bridgehead atoms. The summed E-state index contributed by atoms with van der Waals surface area (Å²) in [5.41, 5.74) is 9.22. The summed E-state index contributed by atoms with van der Waals surface area (Å²) in [5.74, 6) is 0.641. The summed E-state index contributed by atoms with van der Waals surface area (Å²) in [6, 6.07) is 0.258. The second-order valence-electron chi connectivity index (χ2n) is 3.85. The lowest BCUT2D eigenvalue weighted by Crippen LogP contribution is -2.36. The highest BCUT2D eigenvalue weighted by Crippen LogP contribution is 2.28. The maximum atomic E-state index is 5.83. The van der Waals surface area contributed by atoms with Crippen molar-refractivity contribution in [3.63, 3.8) is 0 Å². The van der Waals surface area contributed by atoms with Crippen molar-refractivity contribution >= 4 is 5.96 Å². The number of hydrogen-bond donors (Lipinski definition) is 2. The quantitative estimate of drug-likeness (QED) is 0.750. The molecule has 0 aliphatic carbocycles. The first-order valence-corrected chi connectivity index (χ1v) is 5.23. The molecule has 2 heterocycles. The lowest BCUT2D eigenvalue weighted by molar-refractivity contribution is 0.362. The number of nitrogens with one attached hydrogen (secondary N) is 1. The van der Waals surface area contributed by atoms with Gasteiger partial charge in [-0.3, -0.25) is 10.1 Å². The third kappa shape index (κ3) is 1.48. The molecule has 2 rings (SSSR count). The van der Waals surface area contributed by atoms with Gasteiger partial charge in [0, 0.05) is 17.8 Å². The highest BCUT2D eigenvalue weighted by Gasteiger charge is 2.29. The molecule has 1 aromatic rings. The van der Waals surface area contributed by atoms with Crippen LogP contribution in [0.1, 0.15) is 29.9 Å². The van der Waals surface area contributed by atoms with Gasteiger partial charge in [0.05, 0.1) is 18.3 Å². The molecule has 5 heteroatoms. The Labute approximate surface area is 89.4 Å². The van der Waals surface area contributed by atoms with Crippen molar-refractivity contribution in [2.75, 3.05) is 13.1 Å². The number of hydrogen-bond acceptors (Lipinski definition) is 4. The second-order valence-corrected chi connectivity index (χ2v) is 3.85. The molecule has 5 nitrogen and oxygen atoms in total. The van der Waals surface area contributed by atoms with Gasteiger partial charge in [-0.1, -0.05) is 0 Å². The summed E-state index contributed by atoms with van der Waals surface area (Å²) in [6.45, 7) is 7.76. The van der Waals surface area contributed by atoms with E-state index < -0.39 is 0 Å². The fourth-order valence-corrected chi connectivity index (χ4v) is 2.21. The van der Waals surface area contributed by atoms with Crippen molar-refractivity contribution in [1.82, 2.24) is 15.1 Å². The zero-order chi connectivity index (χ0) is 11.0. The Hall–Kier alpha value is -1.52. The third-order valence-corrected chi connectivity index (χ3v) is 2.96. The summed E-state index contributed by atoms with van der Waals surface area (Å²) < 4.78 is 0. The van der Waals surface area contributed by atoms with E-state index in [2.05, 4.69) is 27.0 Å². The number of rotatable bonds is 2. The molecule has 1 aliphatic heterocycles. The number of aromatic nitrogens is 2. The Morgan fingerprint density at radius 2 is 2.27 bits per heavy atom. The molecule has 1 aliphatic rings. The van der Waals surface area contributed by atoms with E-state index in [-0.39, 0.29) is 6.04 Å². The lowest BCUT2D eigenvalue weighted by Gasteiger charge is -2.24. The Balaban J connectivity index is 2.33. The maximum absolute atomic E-state index is 5.83. The molecule has 0 fully saturated rings. The molecule has 0 spiro atoms. The summed E-state index contributed by atoms with van der Waals surface area (Å²) >= 11 is 0. The molecule has 1 unspecified atom stereocenters. The van der Waals surface area contributed by atoms with E-state index in [1.54, 1.807) is 0 Å². The molecule has 0 amide bonds. The SMILES string of the molecule is CCN1C(N)=NCC1c1c(C)n[nH]c1C. The zero-order valence-corrected chi connectivity index (χ0v) is 9.41. The lowest BCUT2D eigenvalue weighted by atomic mass is 10.0. The van der Waals surface area contributed by atoms with Gasteiger partial charge >= 0.3 is 0 Å². The van der Waals surface area contributed by atoms with Crippen LogP contribution in [0.2, 0.25) is 0 Å². The van der Waals surface area contributed by atoms with Crippen LogP contribution in [0, 0.1) is 13.8 Å². The van der Waals surface area contributed by atoms with E-state index in [0.29, 0.717) is 5.96 Å². The number of aliphatic imine (C=N–C) groups is 1. The predicted octanol–water partition coefficient (Wildman–Crippen LogP) is 0.718. The zero-order valence-electron chi connectivity index (χ0n) is 9.41. The fourth-order valence-electron chi connectivity index (χ4n) is 2.21. The van der Waals surface area contributed by atoms with E-state index >= 15 is 0 Å². The van der Waals surface area contributed by atoms with E-state index in [1.807, 2.05) is 13.8 Å². The number of nitrogens with two attached hydrogens (primary N) is 1. The fraction of sp³-hybridized carbons (Fsp3) is 0.600. The van der Waals surface area contributed by atoms with Crippen molar-refractivity contribution in [2.24, 2.45) is 10.7 Å². The minimum absolute atomic E-state index is 0.258. The van der Waals surface area contributed by atoms with Gasteiger partial charge in [0.1, 0.15) is 0 Å². The number of aryl methyl sites for hydroxylation is 2. The largest absolute Gasteiger partial charge is 0.370 e. The Morgan fingerprint density at radius 3 is 2.80 bits per heavy atom. The van der Waals surface area contributed by atoms with Gasteiger partial charge in [0.2, 0.25) is 0 Å². The smallest absolute Gasteiger partial charge is 0.191 e. The molecular weight excluding hydrogens is 190 g/mol. The van der Waals surface area contributed by atoms with Crippen LogP contribution in [0.3, 0.4) is 0 Å².